The maximum absolute atomic E-state index is 13.7. The van der Waals surface area contributed by atoms with Gasteiger partial charge in [0.2, 0.25) is 5.95 Å². The van der Waals surface area contributed by atoms with E-state index < -0.39 is 0 Å². The molecule has 1 aliphatic rings. The molecule has 2 aromatic carbocycles. The van der Waals surface area contributed by atoms with Gasteiger partial charge in [0.25, 0.3) is 0 Å². The second-order valence-corrected chi connectivity index (χ2v) is 8.73. The predicted octanol–water partition coefficient (Wildman–Crippen LogP) is 5.69. The number of hydrogen-bond acceptors (Lipinski definition) is 6. The number of hydrogen-bond donors (Lipinski definition) is 1. The highest BCUT2D eigenvalue weighted by molar-refractivity contribution is 5.84. The molecule has 0 bridgehead atoms. The molecule has 3 aromatic heterocycles. The van der Waals surface area contributed by atoms with E-state index in [4.69, 9.17) is 14.7 Å². The molecular formula is C28H25FN6O. The van der Waals surface area contributed by atoms with Gasteiger partial charge in [-0.2, -0.15) is 0 Å². The molecule has 0 aliphatic carbocycles. The molecule has 0 amide bonds. The number of aryl methyl sites for hydroxylation is 1. The summed E-state index contributed by atoms with van der Waals surface area (Å²) in [5.74, 6) is 2.07. The highest BCUT2D eigenvalue weighted by atomic mass is 19.1. The first-order valence-corrected chi connectivity index (χ1v) is 12.1. The third-order valence-corrected chi connectivity index (χ3v) is 6.44. The van der Waals surface area contributed by atoms with Gasteiger partial charge < -0.3 is 14.6 Å². The number of ether oxygens (including phenoxy) is 1. The van der Waals surface area contributed by atoms with E-state index in [1.165, 1.54) is 12.1 Å². The van der Waals surface area contributed by atoms with Crippen LogP contribution in [0.5, 0.6) is 5.75 Å². The molecule has 4 heterocycles. The molecule has 1 unspecified atom stereocenters. The topological polar surface area (TPSA) is 77.8 Å². The largest absolute Gasteiger partial charge is 0.491 e. The lowest BCUT2D eigenvalue weighted by Crippen LogP contribution is -2.15. The minimum atomic E-state index is -0.278. The monoisotopic (exact) mass is 480 g/mol. The smallest absolute Gasteiger partial charge is 0.223 e. The Kier molecular flexibility index (Phi) is 5.77. The zero-order chi connectivity index (χ0) is 24.5. The Morgan fingerprint density at radius 2 is 1.83 bits per heavy atom. The van der Waals surface area contributed by atoms with E-state index >= 15 is 0 Å². The number of rotatable bonds is 7. The average molecular weight is 481 g/mol. The first-order chi connectivity index (χ1) is 17.7. The summed E-state index contributed by atoms with van der Waals surface area (Å²) in [6.45, 7) is 3.21. The summed E-state index contributed by atoms with van der Waals surface area (Å²) in [6.07, 6.45) is 5.26. The molecule has 0 fully saturated rings. The summed E-state index contributed by atoms with van der Waals surface area (Å²) < 4.78 is 22.3. The summed E-state index contributed by atoms with van der Waals surface area (Å²) in [5, 5.41) is 4.18. The van der Waals surface area contributed by atoms with Gasteiger partial charge in [-0.25, -0.2) is 19.3 Å². The van der Waals surface area contributed by atoms with Crippen molar-refractivity contribution < 1.29 is 9.13 Å². The Hall–Kier alpha value is -4.33. The third kappa shape index (κ3) is 4.04. The molecule has 0 spiro atoms. The van der Waals surface area contributed by atoms with Gasteiger partial charge in [-0.05, 0) is 61.9 Å². The predicted molar refractivity (Wildman–Crippen MR) is 137 cm³/mol. The Labute approximate surface area is 208 Å². The van der Waals surface area contributed by atoms with E-state index in [0.717, 1.165) is 64.5 Å². The molecule has 7 nitrogen and oxygen atoms in total. The van der Waals surface area contributed by atoms with Crippen molar-refractivity contribution in [3.05, 3.63) is 84.7 Å². The number of nitrogens with one attached hydrogen (secondary N) is 1. The third-order valence-electron chi connectivity index (χ3n) is 6.44. The number of para-hydroxylation sites is 1. The fourth-order valence-electron chi connectivity index (χ4n) is 4.80. The summed E-state index contributed by atoms with van der Waals surface area (Å²) in [7, 11) is 0. The number of imidazole rings is 1. The van der Waals surface area contributed by atoms with E-state index in [0.29, 0.717) is 12.6 Å². The van der Waals surface area contributed by atoms with Crippen LogP contribution in [0.4, 0.5) is 10.3 Å². The second-order valence-electron chi connectivity index (χ2n) is 8.73. The number of anilines is 1. The van der Waals surface area contributed by atoms with Crippen molar-refractivity contribution in [2.45, 2.75) is 25.8 Å². The van der Waals surface area contributed by atoms with Crippen molar-refractivity contribution in [1.82, 2.24) is 24.5 Å². The fourth-order valence-corrected chi connectivity index (χ4v) is 4.80. The lowest BCUT2D eigenvalue weighted by Gasteiger charge is -2.19. The Morgan fingerprint density at radius 3 is 2.69 bits per heavy atom. The molecule has 1 atom stereocenters. The highest BCUT2D eigenvalue weighted by Gasteiger charge is 2.31. The van der Waals surface area contributed by atoms with Gasteiger partial charge in [-0.3, -0.25) is 4.98 Å². The van der Waals surface area contributed by atoms with Gasteiger partial charge in [0.05, 0.1) is 28.6 Å². The van der Waals surface area contributed by atoms with Gasteiger partial charge in [-0.1, -0.05) is 12.1 Å². The van der Waals surface area contributed by atoms with Gasteiger partial charge >= 0.3 is 0 Å². The van der Waals surface area contributed by atoms with Crippen LogP contribution in [-0.2, 0) is 6.42 Å². The molecule has 0 saturated heterocycles. The number of benzene rings is 2. The normalized spacial score (nSPS) is 14.7. The Balaban J connectivity index is 1.41. The zero-order valence-electron chi connectivity index (χ0n) is 19.9. The Bertz CT molecular complexity index is 1530. The minimum absolute atomic E-state index is 0.0705. The first-order valence-electron chi connectivity index (χ1n) is 12.1. The summed E-state index contributed by atoms with van der Waals surface area (Å²) >= 11 is 0. The van der Waals surface area contributed by atoms with Crippen LogP contribution < -0.4 is 10.1 Å². The molecular weight excluding hydrogens is 455 g/mol. The van der Waals surface area contributed by atoms with Crippen LogP contribution in [0.3, 0.4) is 0 Å². The van der Waals surface area contributed by atoms with Crippen LogP contribution in [-0.4, -0.2) is 37.7 Å². The van der Waals surface area contributed by atoms with Crippen molar-refractivity contribution in [2.24, 2.45) is 0 Å². The van der Waals surface area contributed by atoms with Crippen molar-refractivity contribution in [3.8, 4) is 28.4 Å². The molecule has 180 valence electrons. The zero-order valence-corrected chi connectivity index (χ0v) is 19.9. The van der Waals surface area contributed by atoms with Gasteiger partial charge in [-0.15, -0.1) is 0 Å². The lowest BCUT2D eigenvalue weighted by molar-refractivity contribution is 0.258. The summed E-state index contributed by atoms with van der Waals surface area (Å²) in [4.78, 5) is 18.5. The van der Waals surface area contributed by atoms with Crippen LogP contribution in [0.15, 0.2) is 73.1 Å². The quantitative estimate of drug-likeness (QED) is 0.322. The summed E-state index contributed by atoms with van der Waals surface area (Å²) in [5.41, 5.74) is 4.19. The van der Waals surface area contributed by atoms with Crippen LogP contribution in [0.25, 0.3) is 33.5 Å². The molecule has 5 aromatic rings. The molecule has 1 aliphatic heterocycles. The summed E-state index contributed by atoms with van der Waals surface area (Å²) in [6, 6.07) is 18.3. The van der Waals surface area contributed by atoms with E-state index in [2.05, 4.69) is 19.9 Å². The number of fused-ring (bicyclic) bond motifs is 2. The van der Waals surface area contributed by atoms with E-state index in [1.807, 2.05) is 43.3 Å². The van der Waals surface area contributed by atoms with E-state index in [9.17, 15) is 4.39 Å². The van der Waals surface area contributed by atoms with Gasteiger partial charge in [0.15, 0.2) is 0 Å². The van der Waals surface area contributed by atoms with Crippen LogP contribution in [0, 0.1) is 5.82 Å². The average Bonchev–Trinajstić information content (AvgIpc) is 3.48. The van der Waals surface area contributed by atoms with E-state index in [-0.39, 0.29) is 11.9 Å². The van der Waals surface area contributed by atoms with Crippen molar-refractivity contribution in [3.63, 3.8) is 0 Å². The maximum atomic E-state index is 13.7. The number of pyridine rings is 1. The fraction of sp³-hybridized carbons (Fsp3) is 0.214. The molecule has 6 rings (SSSR count). The molecule has 0 radical (unpaired) electrons. The number of aromatic nitrogens is 5. The number of nitrogens with zero attached hydrogens (tertiary/aromatic N) is 5. The highest BCUT2D eigenvalue weighted by Crippen LogP contribution is 2.39. The SMILES string of the molecule is CCNc1nccc(-c2c(-c3ccc(F)cc3)nc3n2C(COc2ccnc4ccccc24)CC3)n1. The van der Waals surface area contributed by atoms with Crippen LogP contribution in [0.2, 0.25) is 0 Å². The van der Waals surface area contributed by atoms with Crippen molar-refractivity contribution in [1.29, 1.82) is 0 Å². The first kappa shape index (κ1) is 22.2. The maximum Gasteiger partial charge on any atom is 0.223 e. The minimum Gasteiger partial charge on any atom is -0.491 e. The van der Waals surface area contributed by atoms with Crippen molar-refractivity contribution in [2.75, 3.05) is 18.5 Å². The van der Waals surface area contributed by atoms with Gasteiger partial charge in [0, 0.05) is 36.3 Å². The lowest BCUT2D eigenvalue weighted by atomic mass is 10.1. The van der Waals surface area contributed by atoms with Gasteiger partial charge in [0.1, 0.15) is 24.0 Å². The standard InChI is InChI=1S/C28H25FN6O/c1-2-30-28-32-15-13-23(33-28)27-26(18-7-9-19(29)10-8-18)34-25-12-11-20(35(25)27)17-36-24-14-16-31-22-6-4-3-5-21(22)24/h3-10,13-16,20H,2,11-12,17H2,1H3,(H,30,32,33). The molecule has 0 saturated carbocycles. The van der Waals surface area contributed by atoms with Crippen LogP contribution >= 0.6 is 0 Å². The second kappa shape index (κ2) is 9.37. The Morgan fingerprint density at radius 1 is 1.00 bits per heavy atom. The van der Waals surface area contributed by atoms with E-state index in [1.54, 1.807) is 24.5 Å². The number of halogens is 1. The van der Waals surface area contributed by atoms with Crippen LogP contribution in [0.1, 0.15) is 25.2 Å². The molecule has 36 heavy (non-hydrogen) atoms. The van der Waals surface area contributed by atoms with Crippen molar-refractivity contribution >= 4 is 16.9 Å². The molecule has 1 N–H and O–H groups in total. The molecule has 8 heteroatoms.